The Hall–Kier alpha value is -1.96. The standard InChI is InChI=1S/C13H24N4O4/c1-9(2)8-15-11(18)7-10(3)16-17-13(20)12(19)14-5-6-21-4/h9H,5-8H2,1-4H3,(H,14,19)(H,15,18)(H,17,20)/b16-10+. The zero-order chi connectivity index (χ0) is 16.3. The molecule has 0 heterocycles. The van der Waals surface area contributed by atoms with Gasteiger partial charge in [0, 0.05) is 25.9 Å². The largest absolute Gasteiger partial charge is 0.383 e. The van der Waals surface area contributed by atoms with Gasteiger partial charge in [0.1, 0.15) is 0 Å². The summed E-state index contributed by atoms with van der Waals surface area (Å²) in [5.41, 5.74) is 2.51. The lowest BCUT2D eigenvalue weighted by molar-refractivity contribution is -0.139. The predicted octanol–water partition coefficient (Wildman–Crippen LogP) is -0.597. The summed E-state index contributed by atoms with van der Waals surface area (Å²) in [6.07, 6.45) is 0.0678. The second-order valence-electron chi connectivity index (χ2n) is 4.91. The molecule has 0 aliphatic rings. The van der Waals surface area contributed by atoms with Gasteiger partial charge in [-0.25, -0.2) is 5.43 Å². The number of ether oxygens (including phenoxy) is 1. The SMILES string of the molecule is COCCNC(=O)C(=O)N/N=C(\C)CC(=O)NCC(C)C. The van der Waals surface area contributed by atoms with Gasteiger partial charge in [0.05, 0.1) is 13.0 Å². The van der Waals surface area contributed by atoms with Crippen molar-refractivity contribution in [2.24, 2.45) is 11.0 Å². The summed E-state index contributed by atoms with van der Waals surface area (Å²) in [6, 6.07) is 0. The highest BCUT2D eigenvalue weighted by molar-refractivity contribution is 6.35. The molecule has 0 aromatic rings. The van der Waals surface area contributed by atoms with Crippen LogP contribution in [0.25, 0.3) is 0 Å². The van der Waals surface area contributed by atoms with Crippen molar-refractivity contribution in [3.05, 3.63) is 0 Å². The number of nitrogens with one attached hydrogen (secondary N) is 3. The number of nitrogens with zero attached hydrogens (tertiary/aromatic N) is 1. The number of amides is 3. The summed E-state index contributed by atoms with van der Waals surface area (Å²) in [7, 11) is 1.49. The summed E-state index contributed by atoms with van der Waals surface area (Å²) in [4.78, 5) is 34.2. The van der Waals surface area contributed by atoms with Crippen molar-refractivity contribution in [1.29, 1.82) is 0 Å². The minimum absolute atomic E-state index is 0.0678. The molecule has 0 atom stereocenters. The lowest BCUT2D eigenvalue weighted by Crippen LogP contribution is -2.39. The monoisotopic (exact) mass is 300 g/mol. The second-order valence-corrected chi connectivity index (χ2v) is 4.91. The van der Waals surface area contributed by atoms with Crippen molar-refractivity contribution < 1.29 is 19.1 Å². The number of hydrogen-bond acceptors (Lipinski definition) is 5. The fraction of sp³-hybridized carbons (Fsp3) is 0.692. The van der Waals surface area contributed by atoms with Gasteiger partial charge in [-0.15, -0.1) is 0 Å². The van der Waals surface area contributed by atoms with Gasteiger partial charge in [0.15, 0.2) is 0 Å². The zero-order valence-corrected chi connectivity index (χ0v) is 13.0. The summed E-state index contributed by atoms with van der Waals surface area (Å²) < 4.78 is 4.74. The molecule has 3 amide bonds. The molecule has 21 heavy (non-hydrogen) atoms. The van der Waals surface area contributed by atoms with Crippen molar-refractivity contribution in [3.63, 3.8) is 0 Å². The highest BCUT2D eigenvalue weighted by atomic mass is 16.5. The van der Waals surface area contributed by atoms with E-state index in [1.807, 2.05) is 13.8 Å². The van der Waals surface area contributed by atoms with Crippen LogP contribution in [0.2, 0.25) is 0 Å². The molecule has 0 aliphatic carbocycles. The topological polar surface area (TPSA) is 109 Å². The number of carbonyl (C=O) groups excluding carboxylic acids is 3. The number of carbonyl (C=O) groups is 3. The molecule has 0 fully saturated rings. The maximum Gasteiger partial charge on any atom is 0.329 e. The van der Waals surface area contributed by atoms with Gasteiger partial charge in [-0.05, 0) is 12.8 Å². The Bertz CT molecular complexity index is 394. The van der Waals surface area contributed by atoms with Gasteiger partial charge >= 0.3 is 11.8 Å². The van der Waals surface area contributed by atoms with Crippen LogP contribution in [0, 0.1) is 5.92 Å². The van der Waals surface area contributed by atoms with Crippen LogP contribution in [-0.2, 0) is 19.1 Å². The summed E-state index contributed by atoms with van der Waals surface area (Å²) in [5.74, 6) is -1.49. The molecule has 3 N–H and O–H groups in total. The maximum atomic E-state index is 11.5. The van der Waals surface area contributed by atoms with Crippen LogP contribution in [0.15, 0.2) is 5.10 Å². The van der Waals surface area contributed by atoms with Gasteiger partial charge in [-0.1, -0.05) is 13.8 Å². The van der Waals surface area contributed by atoms with Crippen LogP contribution < -0.4 is 16.1 Å². The summed E-state index contributed by atoms with van der Waals surface area (Å²) in [5, 5.41) is 8.79. The molecule has 0 radical (unpaired) electrons. The molecule has 0 aromatic heterocycles. The summed E-state index contributed by atoms with van der Waals surface area (Å²) >= 11 is 0. The Morgan fingerprint density at radius 2 is 1.81 bits per heavy atom. The first kappa shape index (κ1) is 19.0. The highest BCUT2D eigenvalue weighted by Crippen LogP contribution is 1.90. The first-order valence-electron chi connectivity index (χ1n) is 6.73. The lowest BCUT2D eigenvalue weighted by Gasteiger charge is -2.07. The van der Waals surface area contributed by atoms with Crippen LogP contribution in [-0.4, -0.2) is 50.2 Å². The third kappa shape index (κ3) is 10.5. The lowest BCUT2D eigenvalue weighted by atomic mass is 10.2. The smallest absolute Gasteiger partial charge is 0.329 e. The van der Waals surface area contributed by atoms with Gasteiger partial charge in [0.2, 0.25) is 5.91 Å². The van der Waals surface area contributed by atoms with Crippen molar-refractivity contribution in [2.45, 2.75) is 27.2 Å². The molecule has 0 unspecified atom stereocenters. The van der Waals surface area contributed by atoms with Crippen LogP contribution in [0.5, 0.6) is 0 Å². The summed E-state index contributed by atoms with van der Waals surface area (Å²) in [6.45, 7) is 6.71. The average Bonchev–Trinajstić information content (AvgIpc) is 2.42. The molecule has 0 saturated carbocycles. The van der Waals surface area contributed by atoms with Gasteiger partial charge in [0.25, 0.3) is 0 Å². The van der Waals surface area contributed by atoms with Gasteiger partial charge < -0.3 is 15.4 Å². The number of methoxy groups -OCH3 is 1. The van der Waals surface area contributed by atoms with E-state index in [2.05, 4.69) is 21.2 Å². The molecule has 0 saturated heterocycles. The molecule has 8 heteroatoms. The van der Waals surface area contributed by atoms with Crippen molar-refractivity contribution in [3.8, 4) is 0 Å². The first-order chi connectivity index (χ1) is 9.86. The molecule has 0 aromatic carbocycles. The normalized spacial score (nSPS) is 11.2. The molecule has 120 valence electrons. The van der Waals surface area contributed by atoms with Crippen LogP contribution in [0.4, 0.5) is 0 Å². The fourth-order valence-electron chi connectivity index (χ4n) is 1.20. The Labute approximate surface area is 124 Å². The first-order valence-corrected chi connectivity index (χ1v) is 6.73. The van der Waals surface area contributed by atoms with E-state index in [4.69, 9.17) is 4.74 Å². The van der Waals surface area contributed by atoms with Crippen LogP contribution in [0.1, 0.15) is 27.2 Å². The Morgan fingerprint density at radius 3 is 2.38 bits per heavy atom. The number of hydrogen-bond donors (Lipinski definition) is 3. The Kier molecular flexibility index (Phi) is 9.78. The average molecular weight is 300 g/mol. The van der Waals surface area contributed by atoms with Crippen molar-refractivity contribution in [1.82, 2.24) is 16.1 Å². The van der Waals surface area contributed by atoms with Crippen molar-refractivity contribution in [2.75, 3.05) is 26.8 Å². The molecule has 0 rings (SSSR count). The van der Waals surface area contributed by atoms with Crippen LogP contribution in [0.3, 0.4) is 0 Å². The van der Waals surface area contributed by atoms with Crippen molar-refractivity contribution >= 4 is 23.4 Å². The molecular weight excluding hydrogens is 276 g/mol. The molecule has 0 bridgehead atoms. The van der Waals surface area contributed by atoms with E-state index < -0.39 is 11.8 Å². The third-order valence-corrected chi connectivity index (χ3v) is 2.27. The van der Waals surface area contributed by atoms with E-state index in [-0.39, 0.29) is 18.9 Å². The van der Waals surface area contributed by atoms with E-state index in [1.165, 1.54) is 7.11 Å². The Morgan fingerprint density at radius 1 is 1.14 bits per heavy atom. The fourth-order valence-corrected chi connectivity index (χ4v) is 1.20. The van der Waals surface area contributed by atoms with Crippen LogP contribution >= 0.6 is 0 Å². The van der Waals surface area contributed by atoms with Gasteiger partial charge in [-0.3, -0.25) is 14.4 Å². The quantitative estimate of drug-likeness (QED) is 0.241. The minimum atomic E-state index is -0.881. The third-order valence-electron chi connectivity index (χ3n) is 2.27. The van der Waals surface area contributed by atoms with E-state index in [1.54, 1.807) is 6.92 Å². The second kappa shape index (κ2) is 10.8. The predicted molar refractivity (Wildman–Crippen MR) is 78.6 cm³/mol. The Balaban J connectivity index is 4.06. The number of rotatable bonds is 8. The molecular formula is C13H24N4O4. The molecule has 0 spiro atoms. The highest BCUT2D eigenvalue weighted by Gasteiger charge is 2.12. The maximum absolute atomic E-state index is 11.5. The van der Waals surface area contributed by atoms with E-state index in [9.17, 15) is 14.4 Å². The zero-order valence-electron chi connectivity index (χ0n) is 13.0. The van der Waals surface area contributed by atoms with Gasteiger partial charge in [-0.2, -0.15) is 5.10 Å². The minimum Gasteiger partial charge on any atom is -0.383 e. The van der Waals surface area contributed by atoms with E-state index >= 15 is 0 Å². The van der Waals surface area contributed by atoms with E-state index in [0.29, 0.717) is 24.8 Å². The molecule has 8 nitrogen and oxygen atoms in total. The number of hydrazone groups is 1. The van der Waals surface area contributed by atoms with E-state index in [0.717, 1.165) is 0 Å². The molecule has 0 aliphatic heterocycles.